The number of aryl methyl sites for hydroxylation is 1. The lowest BCUT2D eigenvalue weighted by molar-refractivity contribution is 0.909. The molecule has 3 nitrogen and oxygen atoms in total. The summed E-state index contributed by atoms with van der Waals surface area (Å²) in [7, 11) is 0. The van der Waals surface area contributed by atoms with E-state index in [-0.39, 0.29) is 6.04 Å². The van der Waals surface area contributed by atoms with Crippen molar-refractivity contribution < 1.29 is 0 Å². The molecule has 0 fully saturated rings. The number of pyridine rings is 1. The van der Waals surface area contributed by atoms with Crippen molar-refractivity contribution in [2.45, 2.75) is 19.9 Å². The van der Waals surface area contributed by atoms with Gasteiger partial charge in [0, 0.05) is 21.3 Å². The molecule has 0 radical (unpaired) electrons. The third-order valence-corrected chi connectivity index (χ3v) is 4.57. The van der Waals surface area contributed by atoms with Crippen LogP contribution in [0.1, 0.15) is 22.7 Å². The Hall–Kier alpha value is -2.07. The van der Waals surface area contributed by atoms with E-state index in [9.17, 15) is 0 Å². The highest BCUT2D eigenvalue weighted by atomic mass is 32.1. The van der Waals surface area contributed by atoms with Gasteiger partial charge in [-0.15, -0.1) is 11.3 Å². The normalized spacial score (nSPS) is 12.5. The molecular weight excluding hydrogens is 266 g/mol. The molecule has 0 amide bonds. The van der Waals surface area contributed by atoms with Crippen molar-refractivity contribution in [2.24, 2.45) is 0 Å². The van der Waals surface area contributed by atoms with Crippen LogP contribution in [0.2, 0.25) is 0 Å². The van der Waals surface area contributed by atoms with Crippen LogP contribution in [0.25, 0.3) is 10.9 Å². The smallest absolute Gasteiger partial charge is 0.0724 e. The zero-order chi connectivity index (χ0) is 14.1. The van der Waals surface area contributed by atoms with Gasteiger partial charge < -0.3 is 11.1 Å². The first-order valence-corrected chi connectivity index (χ1v) is 7.43. The quantitative estimate of drug-likeness (QED) is 0.702. The van der Waals surface area contributed by atoms with Gasteiger partial charge in [0.2, 0.25) is 0 Å². The molecule has 102 valence electrons. The summed E-state index contributed by atoms with van der Waals surface area (Å²) in [6.45, 7) is 4.27. The summed E-state index contributed by atoms with van der Waals surface area (Å²) in [4.78, 5) is 6.95. The molecule has 20 heavy (non-hydrogen) atoms. The third-order valence-electron chi connectivity index (χ3n) is 3.39. The summed E-state index contributed by atoms with van der Waals surface area (Å²) in [5.41, 5.74) is 8.90. The van der Waals surface area contributed by atoms with Crippen molar-refractivity contribution in [2.75, 3.05) is 11.1 Å². The molecule has 2 heterocycles. The molecule has 0 saturated heterocycles. The SMILES string of the molecule is Cc1ccc(C(C)Nc2ccc3ncccc3c2N)s1. The van der Waals surface area contributed by atoms with Gasteiger partial charge in [-0.1, -0.05) is 0 Å². The number of nitrogens with one attached hydrogen (secondary N) is 1. The van der Waals surface area contributed by atoms with E-state index in [0.29, 0.717) is 0 Å². The number of rotatable bonds is 3. The average Bonchev–Trinajstić information content (AvgIpc) is 2.89. The Bertz CT molecular complexity index is 748. The molecule has 0 spiro atoms. The van der Waals surface area contributed by atoms with Crippen LogP contribution in [-0.4, -0.2) is 4.98 Å². The highest BCUT2D eigenvalue weighted by Gasteiger charge is 2.11. The van der Waals surface area contributed by atoms with Crippen LogP contribution < -0.4 is 11.1 Å². The van der Waals surface area contributed by atoms with Crippen molar-refractivity contribution in [1.82, 2.24) is 4.98 Å². The van der Waals surface area contributed by atoms with Crippen LogP contribution in [0.5, 0.6) is 0 Å². The second kappa shape index (κ2) is 5.13. The summed E-state index contributed by atoms with van der Waals surface area (Å²) in [6, 6.07) is 12.5. The Morgan fingerprint density at radius 3 is 2.80 bits per heavy atom. The number of thiophene rings is 1. The first kappa shape index (κ1) is 12.9. The summed E-state index contributed by atoms with van der Waals surface area (Å²) < 4.78 is 0. The number of hydrogen-bond donors (Lipinski definition) is 2. The first-order chi connectivity index (χ1) is 9.65. The van der Waals surface area contributed by atoms with Crippen LogP contribution in [0.15, 0.2) is 42.6 Å². The molecule has 2 aromatic heterocycles. The van der Waals surface area contributed by atoms with Gasteiger partial charge in [0.25, 0.3) is 0 Å². The summed E-state index contributed by atoms with van der Waals surface area (Å²) >= 11 is 1.81. The zero-order valence-electron chi connectivity index (χ0n) is 11.6. The molecule has 0 aliphatic carbocycles. The van der Waals surface area contributed by atoms with Crippen LogP contribution in [0, 0.1) is 6.92 Å². The largest absolute Gasteiger partial charge is 0.397 e. The topological polar surface area (TPSA) is 50.9 Å². The monoisotopic (exact) mass is 283 g/mol. The second-order valence-electron chi connectivity index (χ2n) is 4.91. The van der Waals surface area contributed by atoms with Gasteiger partial charge in [-0.25, -0.2) is 0 Å². The Morgan fingerprint density at radius 2 is 2.05 bits per heavy atom. The van der Waals surface area contributed by atoms with Crippen molar-refractivity contribution in [3.05, 3.63) is 52.3 Å². The van der Waals surface area contributed by atoms with Crippen LogP contribution in [0.4, 0.5) is 11.4 Å². The molecule has 3 rings (SSSR count). The fourth-order valence-electron chi connectivity index (χ4n) is 2.29. The maximum absolute atomic E-state index is 6.25. The van der Waals surface area contributed by atoms with E-state index < -0.39 is 0 Å². The van der Waals surface area contributed by atoms with Gasteiger partial charge in [-0.05, 0) is 50.2 Å². The van der Waals surface area contributed by atoms with Gasteiger partial charge in [-0.3, -0.25) is 4.98 Å². The van der Waals surface area contributed by atoms with Crippen molar-refractivity contribution in [3.63, 3.8) is 0 Å². The molecule has 3 aromatic rings. The second-order valence-corrected chi connectivity index (χ2v) is 6.23. The molecule has 0 aliphatic rings. The van der Waals surface area contributed by atoms with Gasteiger partial charge in [0.1, 0.15) is 0 Å². The number of nitrogens with two attached hydrogens (primary N) is 1. The molecule has 1 unspecified atom stereocenters. The van der Waals surface area contributed by atoms with Gasteiger partial charge in [-0.2, -0.15) is 0 Å². The molecule has 1 aromatic carbocycles. The highest BCUT2D eigenvalue weighted by molar-refractivity contribution is 7.12. The predicted molar refractivity (Wildman–Crippen MR) is 87.2 cm³/mol. The molecule has 4 heteroatoms. The summed E-state index contributed by atoms with van der Waals surface area (Å²) in [5, 5.41) is 4.48. The minimum atomic E-state index is 0.241. The van der Waals surface area contributed by atoms with Crippen molar-refractivity contribution in [1.29, 1.82) is 0 Å². The molecule has 0 bridgehead atoms. The van der Waals surface area contributed by atoms with Gasteiger partial charge in [0.05, 0.1) is 22.9 Å². The standard InChI is InChI=1S/C16H17N3S/c1-10-5-8-15(20-10)11(2)19-14-7-6-13-12(16(14)17)4-3-9-18-13/h3-9,11,19H,17H2,1-2H3. The fourth-order valence-corrected chi connectivity index (χ4v) is 3.17. The minimum absolute atomic E-state index is 0.241. The fraction of sp³-hybridized carbons (Fsp3) is 0.188. The van der Waals surface area contributed by atoms with Crippen LogP contribution in [0.3, 0.4) is 0 Å². The van der Waals surface area contributed by atoms with E-state index in [0.717, 1.165) is 22.3 Å². The van der Waals surface area contributed by atoms with E-state index in [2.05, 4.69) is 36.3 Å². The average molecular weight is 283 g/mol. The molecule has 0 saturated carbocycles. The number of nitrogen functional groups attached to an aromatic ring is 1. The number of benzene rings is 1. The van der Waals surface area contributed by atoms with Crippen LogP contribution in [-0.2, 0) is 0 Å². The number of hydrogen-bond acceptors (Lipinski definition) is 4. The Balaban J connectivity index is 1.93. The molecule has 0 aliphatic heterocycles. The number of aromatic nitrogens is 1. The van der Waals surface area contributed by atoms with Gasteiger partial charge >= 0.3 is 0 Å². The number of fused-ring (bicyclic) bond motifs is 1. The third kappa shape index (κ3) is 2.34. The molecular formula is C16H17N3S. The van der Waals surface area contributed by atoms with E-state index in [1.54, 1.807) is 6.20 Å². The van der Waals surface area contributed by atoms with E-state index in [1.165, 1.54) is 9.75 Å². The lowest BCUT2D eigenvalue weighted by Crippen LogP contribution is -2.07. The van der Waals surface area contributed by atoms with Crippen LogP contribution >= 0.6 is 11.3 Å². The van der Waals surface area contributed by atoms with E-state index >= 15 is 0 Å². The molecule has 1 atom stereocenters. The van der Waals surface area contributed by atoms with Crippen molar-refractivity contribution in [3.8, 4) is 0 Å². The van der Waals surface area contributed by atoms with Gasteiger partial charge in [0.15, 0.2) is 0 Å². The molecule has 3 N–H and O–H groups in total. The van der Waals surface area contributed by atoms with E-state index in [4.69, 9.17) is 5.73 Å². The highest BCUT2D eigenvalue weighted by Crippen LogP contribution is 2.31. The number of nitrogens with zero attached hydrogens (tertiary/aromatic N) is 1. The Morgan fingerprint density at radius 1 is 1.20 bits per heavy atom. The lowest BCUT2D eigenvalue weighted by Gasteiger charge is -2.16. The van der Waals surface area contributed by atoms with Crippen molar-refractivity contribution >= 4 is 33.6 Å². The zero-order valence-corrected chi connectivity index (χ0v) is 12.4. The Labute approximate surface area is 122 Å². The summed E-state index contributed by atoms with van der Waals surface area (Å²) in [5.74, 6) is 0. The Kier molecular flexibility index (Phi) is 3.32. The predicted octanol–water partition coefficient (Wildman–Crippen LogP) is 4.36. The maximum Gasteiger partial charge on any atom is 0.0724 e. The number of anilines is 2. The first-order valence-electron chi connectivity index (χ1n) is 6.61. The van der Waals surface area contributed by atoms with E-state index in [1.807, 2.05) is 35.6 Å². The minimum Gasteiger partial charge on any atom is -0.397 e. The lowest BCUT2D eigenvalue weighted by atomic mass is 10.1. The maximum atomic E-state index is 6.25. The summed E-state index contributed by atoms with van der Waals surface area (Å²) in [6.07, 6.45) is 1.78.